The molecular formula is C15H13IO4. The Morgan fingerprint density at radius 2 is 2.20 bits per heavy atom. The van der Waals surface area contributed by atoms with Crippen molar-refractivity contribution < 1.29 is 19.1 Å². The number of esters is 2. The van der Waals surface area contributed by atoms with E-state index in [1.54, 1.807) is 6.92 Å². The largest absolute Gasteiger partial charge is 0.465 e. The molecule has 2 aliphatic rings. The lowest BCUT2D eigenvalue weighted by Gasteiger charge is -2.31. The van der Waals surface area contributed by atoms with Crippen molar-refractivity contribution in [2.24, 2.45) is 5.41 Å². The van der Waals surface area contributed by atoms with Crippen LogP contribution in [0.1, 0.15) is 18.1 Å². The summed E-state index contributed by atoms with van der Waals surface area (Å²) >= 11 is 2.15. The van der Waals surface area contributed by atoms with Crippen LogP contribution in [0.4, 0.5) is 0 Å². The highest BCUT2D eigenvalue weighted by Gasteiger charge is 2.59. The van der Waals surface area contributed by atoms with E-state index in [1.165, 1.54) is 0 Å². The third-order valence-corrected chi connectivity index (χ3v) is 4.59. The number of hydrogen-bond donors (Lipinski definition) is 0. The first kappa shape index (κ1) is 13.6. The monoisotopic (exact) mass is 384 g/mol. The highest BCUT2D eigenvalue weighted by Crippen LogP contribution is 2.53. The number of hydrogen-bond acceptors (Lipinski definition) is 4. The Hall–Kier alpha value is -1.37. The van der Waals surface area contributed by atoms with E-state index in [2.05, 4.69) is 22.6 Å². The van der Waals surface area contributed by atoms with E-state index in [9.17, 15) is 9.59 Å². The zero-order chi connectivity index (χ0) is 14.3. The maximum Gasteiger partial charge on any atom is 0.328 e. The lowest BCUT2D eigenvalue weighted by molar-refractivity contribution is -0.167. The van der Waals surface area contributed by atoms with Gasteiger partial charge >= 0.3 is 11.9 Å². The fraction of sp³-hybridized carbons (Fsp3) is 0.333. The van der Waals surface area contributed by atoms with Crippen LogP contribution in [0.5, 0.6) is 0 Å². The Morgan fingerprint density at radius 3 is 2.95 bits per heavy atom. The summed E-state index contributed by atoms with van der Waals surface area (Å²) in [5.41, 5.74) is 1.41. The van der Waals surface area contributed by atoms with E-state index in [0.717, 1.165) is 20.3 Å². The van der Waals surface area contributed by atoms with Gasteiger partial charge in [0.2, 0.25) is 0 Å². The lowest BCUT2D eigenvalue weighted by atomic mass is 9.79. The molecular weight excluding hydrogens is 371 g/mol. The van der Waals surface area contributed by atoms with Crippen molar-refractivity contribution in [3.05, 3.63) is 39.0 Å². The zero-order valence-corrected chi connectivity index (χ0v) is 13.1. The van der Waals surface area contributed by atoms with E-state index in [0.29, 0.717) is 6.42 Å². The van der Waals surface area contributed by atoms with Gasteiger partial charge in [0.05, 0.1) is 6.61 Å². The van der Waals surface area contributed by atoms with Crippen molar-refractivity contribution in [1.82, 2.24) is 0 Å². The first-order chi connectivity index (χ1) is 9.61. The number of benzene rings is 1. The van der Waals surface area contributed by atoms with Gasteiger partial charge in [-0.1, -0.05) is 24.3 Å². The first-order valence-electron chi connectivity index (χ1n) is 6.43. The molecule has 0 aromatic heterocycles. The summed E-state index contributed by atoms with van der Waals surface area (Å²) in [6.45, 7) is 2.21. The van der Waals surface area contributed by atoms with Gasteiger partial charge in [0.1, 0.15) is 6.61 Å². The SMILES string of the molecule is CCOC(=O)[C@]12Cc3ccccc3C1=C(I)COC2=O. The second-order valence-electron chi connectivity index (χ2n) is 4.82. The number of rotatable bonds is 2. The van der Waals surface area contributed by atoms with Crippen LogP contribution in [-0.2, 0) is 25.5 Å². The Kier molecular flexibility index (Phi) is 3.32. The van der Waals surface area contributed by atoms with Crippen molar-refractivity contribution in [2.75, 3.05) is 13.2 Å². The summed E-state index contributed by atoms with van der Waals surface area (Å²) in [6.07, 6.45) is 0.322. The highest BCUT2D eigenvalue weighted by molar-refractivity contribution is 14.1. The predicted molar refractivity (Wildman–Crippen MR) is 81.1 cm³/mol. The van der Waals surface area contributed by atoms with Crippen molar-refractivity contribution in [3.63, 3.8) is 0 Å². The van der Waals surface area contributed by atoms with E-state index in [4.69, 9.17) is 9.47 Å². The quantitative estimate of drug-likeness (QED) is 0.447. The Labute approximate surface area is 130 Å². The summed E-state index contributed by atoms with van der Waals surface area (Å²) in [7, 11) is 0. The molecule has 20 heavy (non-hydrogen) atoms. The summed E-state index contributed by atoms with van der Waals surface area (Å²) in [5.74, 6) is -1.01. The van der Waals surface area contributed by atoms with Crippen LogP contribution in [0.2, 0.25) is 0 Å². The van der Waals surface area contributed by atoms with Gasteiger partial charge in [-0.2, -0.15) is 0 Å². The highest BCUT2D eigenvalue weighted by atomic mass is 127. The average molecular weight is 384 g/mol. The lowest BCUT2D eigenvalue weighted by Crippen LogP contribution is -2.45. The fourth-order valence-corrected chi connectivity index (χ4v) is 3.82. The fourth-order valence-electron chi connectivity index (χ4n) is 2.91. The smallest absolute Gasteiger partial charge is 0.328 e. The number of ether oxygens (including phenoxy) is 2. The maximum atomic E-state index is 12.5. The minimum Gasteiger partial charge on any atom is -0.465 e. The molecule has 4 nitrogen and oxygen atoms in total. The second-order valence-corrected chi connectivity index (χ2v) is 6.12. The molecule has 1 aromatic rings. The van der Waals surface area contributed by atoms with Crippen LogP contribution in [-0.4, -0.2) is 25.2 Å². The maximum absolute atomic E-state index is 12.5. The minimum absolute atomic E-state index is 0.226. The molecule has 0 N–H and O–H groups in total. The molecule has 1 aliphatic carbocycles. The number of halogens is 1. The van der Waals surface area contributed by atoms with Crippen LogP contribution >= 0.6 is 22.6 Å². The van der Waals surface area contributed by atoms with E-state index < -0.39 is 17.4 Å². The van der Waals surface area contributed by atoms with Crippen LogP contribution in [0.15, 0.2) is 27.8 Å². The molecule has 1 aromatic carbocycles. The number of carbonyl (C=O) groups is 2. The van der Waals surface area contributed by atoms with Crippen LogP contribution in [0.3, 0.4) is 0 Å². The normalized spacial score (nSPS) is 24.0. The third kappa shape index (κ3) is 1.72. The van der Waals surface area contributed by atoms with E-state index in [-0.39, 0.29) is 13.2 Å². The molecule has 0 radical (unpaired) electrons. The molecule has 0 spiro atoms. The number of fused-ring (bicyclic) bond motifs is 3. The zero-order valence-electron chi connectivity index (χ0n) is 10.9. The molecule has 0 saturated carbocycles. The standard InChI is InChI=1S/C15H13IO4/c1-2-19-13(17)15-7-9-5-3-4-6-10(9)12(15)11(16)8-20-14(15)18/h3-6H,2,7-8H2,1H3/t15-/m0/s1. The summed E-state index contributed by atoms with van der Waals surface area (Å²) in [5, 5.41) is 0. The van der Waals surface area contributed by atoms with Gasteiger partial charge in [-0.15, -0.1) is 0 Å². The van der Waals surface area contributed by atoms with Crippen molar-refractivity contribution in [1.29, 1.82) is 0 Å². The van der Waals surface area contributed by atoms with Crippen molar-refractivity contribution in [2.45, 2.75) is 13.3 Å². The van der Waals surface area contributed by atoms with Gasteiger partial charge in [-0.25, -0.2) is 0 Å². The van der Waals surface area contributed by atoms with Gasteiger partial charge < -0.3 is 9.47 Å². The molecule has 5 heteroatoms. The topological polar surface area (TPSA) is 52.6 Å². The Morgan fingerprint density at radius 1 is 1.45 bits per heavy atom. The van der Waals surface area contributed by atoms with Crippen molar-refractivity contribution in [3.8, 4) is 0 Å². The van der Waals surface area contributed by atoms with Gasteiger partial charge in [0.25, 0.3) is 0 Å². The molecule has 104 valence electrons. The van der Waals surface area contributed by atoms with E-state index >= 15 is 0 Å². The third-order valence-electron chi connectivity index (χ3n) is 3.74. The van der Waals surface area contributed by atoms with Crippen molar-refractivity contribution >= 4 is 40.1 Å². The minimum atomic E-state index is -1.31. The van der Waals surface area contributed by atoms with Gasteiger partial charge in [-0.3, -0.25) is 9.59 Å². The summed E-state index contributed by atoms with van der Waals surface area (Å²) in [4.78, 5) is 24.8. The summed E-state index contributed by atoms with van der Waals surface area (Å²) in [6, 6.07) is 7.71. The Bertz CT molecular complexity index is 635. The van der Waals surface area contributed by atoms with E-state index in [1.807, 2.05) is 24.3 Å². The van der Waals surface area contributed by atoms with Crippen LogP contribution < -0.4 is 0 Å². The number of carbonyl (C=O) groups excluding carboxylic acids is 2. The average Bonchev–Trinajstić information content (AvgIpc) is 2.81. The van der Waals surface area contributed by atoms with Gasteiger partial charge in [0, 0.05) is 15.6 Å². The molecule has 1 atom stereocenters. The molecule has 3 rings (SSSR count). The van der Waals surface area contributed by atoms with Gasteiger partial charge in [0.15, 0.2) is 5.41 Å². The van der Waals surface area contributed by atoms with Crippen LogP contribution in [0, 0.1) is 5.41 Å². The molecule has 1 aliphatic heterocycles. The first-order valence-corrected chi connectivity index (χ1v) is 7.51. The number of cyclic esters (lactones) is 1. The molecule has 0 bridgehead atoms. The molecule has 0 fully saturated rings. The van der Waals surface area contributed by atoms with Gasteiger partial charge in [-0.05, 0) is 40.6 Å². The summed E-state index contributed by atoms with van der Waals surface area (Å²) < 4.78 is 11.2. The second kappa shape index (κ2) is 4.87. The molecule has 0 unspecified atom stereocenters. The predicted octanol–water partition coefficient (Wildman–Crippen LogP) is 2.50. The Balaban J connectivity index is 2.23. The molecule has 0 saturated heterocycles. The molecule has 0 amide bonds. The van der Waals surface area contributed by atoms with Crippen LogP contribution in [0.25, 0.3) is 5.57 Å². The molecule has 1 heterocycles.